The number of hydrogen-bond acceptors (Lipinski definition) is 6. The van der Waals surface area contributed by atoms with E-state index in [9.17, 15) is 4.79 Å². The summed E-state index contributed by atoms with van der Waals surface area (Å²) in [4.78, 5) is 33.5. The molecule has 2 fully saturated rings. The second-order valence-electron chi connectivity index (χ2n) is 10.2. The van der Waals surface area contributed by atoms with Gasteiger partial charge in [0.1, 0.15) is 17.1 Å². The Morgan fingerprint density at radius 2 is 1.77 bits per heavy atom. The summed E-state index contributed by atoms with van der Waals surface area (Å²) < 4.78 is 0. The Morgan fingerprint density at radius 1 is 0.971 bits per heavy atom. The first-order chi connectivity index (χ1) is 17.0. The normalized spacial score (nSPS) is 22.4. The highest BCUT2D eigenvalue weighted by Gasteiger charge is 2.37. The van der Waals surface area contributed by atoms with Crippen molar-refractivity contribution in [1.29, 1.82) is 0 Å². The number of rotatable bonds is 3. The molecule has 180 valence electrons. The standard InChI is InChI=1S/C28H32N6O/c1-18-7-8-21-19(15-18)9-10-29-26(21)24-16-20(35)17-25(33(24)3)28-30-22-5-4-6-23(27(22)31-28)34-13-11-32(2)12-14-34/h4-10,15,24-25H,11-14,16-17H2,1-3H3,(H,30,31). The number of aromatic amines is 1. The molecule has 2 unspecified atom stereocenters. The van der Waals surface area contributed by atoms with Crippen LogP contribution in [-0.2, 0) is 4.79 Å². The number of nitrogens with one attached hydrogen (secondary N) is 1. The zero-order chi connectivity index (χ0) is 24.1. The molecule has 0 bridgehead atoms. The van der Waals surface area contributed by atoms with Crippen molar-refractivity contribution in [3.63, 3.8) is 0 Å². The molecular weight excluding hydrogens is 436 g/mol. The number of likely N-dealkylation sites (tertiary alicyclic amines) is 1. The molecule has 1 N–H and O–H groups in total. The number of pyridine rings is 1. The molecule has 4 heterocycles. The third kappa shape index (κ3) is 3.98. The SMILES string of the molecule is Cc1ccc2c(C3CC(=O)CC(c4nc5c(N6CCN(C)CC6)cccc5[nH]4)N3C)nccc2c1. The molecule has 7 nitrogen and oxygen atoms in total. The molecule has 0 radical (unpaired) electrons. The maximum absolute atomic E-state index is 13.0. The number of piperidine rings is 1. The molecule has 2 aliphatic heterocycles. The second kappa shape index (κ2) is 8.73. The van der Waals surface area contributed by atoms with Crippen LogP contribution in [0.25, 0.3) is 21.8 Å². The number of carbonyl (C=O) groups excluding carboxylic acids is 1. The van der Waals surface area contributed by atoms with Gasteiger partial charge in [-0.3, -0.25) is 14.7 Å². The van der Waals surface area contributed by atoms with Crippen LogP contribution in [0.4, 0.5) is 5.69 Å². The number of para-hydroxylation sites is 1. The van der Waals surface area contributed by atoms with E-state index in [0.717, 1.165) is 54.1 Å². The lowest BCUT2D eigenvalue weighted by atomic mass is 9.90. The largest absolute Gasteiger partial charge is 0.367 e. The minimum absolute atomic E-state index is 0.0852. The van der Waals surface area contributed by atoms with Crippen LogP contribution in [0.5, 0.6) is 0 Å². The van der Waals surface area contributed by atoms with E-state index in [1.807, 2.05) is 12.3 Å². The van der Waals surface area contributed by atoms with Crippen molar-refractivity contribution < 1.29 is 4.79 Å². The average Bonchev–Trinajstić information content (AvgIpc) is 3.29. The number of ketones is 1. The van der Waals surface area contributed by atoms with Crippen LogP contribution >= 0.6 is 0 Å². The number of carbonyl (C=O) groups is 1. The number of Topliss-reactive ketones (excluding diaryl/α,β-unsaturated/α-hetero) is 1. The van der Waals surface area contributed by atoms with Crippen molar-refractivity contribution in [2.45, 2.75) is 31.8 Å². The number of aromatic nitrogens is 3. The molecule has 7 heteroatoms. The second-order valence-corrected chi connectivity index (χ2v) is 10.2. The molecule has 0 aliphatic carbocycles. The van der Waals surface area contributed by atoms with E-state index in [-0.39, 0.29) is 17.9 Å². The Labute approximate surface area is 205 Å². The van der Waals surface area contributed by atoms with E-state index < -0.39 is 0 Å². The quantitative estimate of drug-likeness (QED) is 0.485. The Hall–Kier alpha value is -3.29. The van der Waals surface area contributed by atoms with Gasteiger partial charge >= 0.3 is 0 Å². The van der Waals surface area contributed by atoms with Crippen LogP contribution in [-0.4, -0.2) is 70.8 Å². The highest BCUT2D eigenvalue weighted by molar-refractivity contribution is 5.90. The molecule has 2 aromatic heterocycles. The van der Waals surface area contributed by atoms with E-state index >= 15 is 0 Å². The molecule has 2 atom stereocenters. The molecule has 2 saturated heterocycles. The smallest absolute Gasteiger partial charge is 0.136 e. The van der Waals surface area contributed by atoms with E-state index in [1.54, 1.807) is 0 Å². The number of likely N-dealkylation sites (N-methyl/N-ethyl adjacent to an activating group) is 1. The van der Waals surface area contributed by atoms with Gasteiger partial charge in [-0.1, -0.05) is 29.8 Å². The number of aryl methyl sites for hydroxylation is 1. The maximum Gasteiger partial charge on any atom is 0.136 e. The zero-order valence-corrected chi connectivity index (χ0v) is 20.7. The van der Waals surface area contributed by atoms with Gasteiger partial charge in [0.15, 0.2) is 0 Å². The lowest BCUT2D eigenvalue weighted by Gasteiger charge is -2.38. The summed E-state index contributed by atoms with van der Waals surface area (Å²) in [7, 11) is 4.27. The van der Waals surface area contributed by atoms with Crippen LogP contribution in [0.2, 0.25) is 0 Å². The summed E-state index contributed by atoms with van der Waals surface area (Å²) in [5, 5.41) is 2.28. The molecule has 0 saturated carbocycles. The van der Waals surface area contributed by atoms with Gasteiger partial charge in [0.2, 0.25) is 0 Å². The minimum atomic E-state index is -0.114. The number of fused-ring (bicyclic) bond motifs is 2. The number of anilines is 1. The van der Waals surface area contributed by atoms with Gasteiger partial charge in [-0.2, -0.15) is 0 Å². The van der Waals surface area contributed by atoms with Crippen molar-refractivity contribution in [1.82, 2.24) is 24.8 Å². The van der Waals surface area contributed by atoms with Gasteiger partial charge in [0.25, 0.3) is 0 Å². The van der Waals surface area contributed by atoms with E-state index in [0.29, 0.717) is 12.8 Å². The van der Waals surface area contributed by atoms with Gasteiger partial charge in [-0.05, 0) is 44.6 Å². The third-order valence-electron chi connectivity index (χ3n) is 7.76. The maximum atomic E-state index is 13.0. The Bertz CT molecular complexity index is 1400. The summed E-state index contributed by atoms with van der Waals surface area (Å²) in [6.45, 7) is 6.19. The van der Waals surface area contributed by atoms with Crippen LogP contribution < -0.4 is 4.90 Å². The van der Waals surface area contributed by atoms with Gasteiger partial charge in [-0.15, -0.1) is 0 Å². The van der Waals surface area contributed by atoms with Crippen molar-refractivity contribution in [2.24, 2.45) is 0 Å². The molecule has 6 rings (SSSR count). The first-order valence-corrected chi connectivity index (χ1v) is 12.5. The zero-order valence-electron chi connectivity index (χ0n) is 20.7. The van der Waals surface area contributed by atoms with Crippen LogP contribution in [0.15, 0.2) is 48.7 Å². The molecular formula is C28H32N6O. The fourth-order valence-corrected chi connectivity index (χ4v) is 5.68. The molecule has 2 aliphatic rings. The lowest BCUT2D eigenvalue weighted by Crippen LogP contribution is -2.44. The molecule has 35 heavy (non-hydrogen) atoms. The highest BCUT2D eigenvalue weighted by Crippen LogP contribution is 2.40. The Morgan fingerprint density at radius 3 is 2.60 bits per heavy atom. The first kappa shape index (κ1) is 22.2. The fourth-order valence-electron chi connectivity index (χ4n) is 5.68. The fraction of sp³-hybridized carbons (Fsp3) is 0.393. The van der Waals surface area contributed by atoms with Crippen LogP contribution in [0.3, 0.4) is 0 Å². The van der Waals surface area contributed by atoms with Crippen molar-refractivity contribution >= 4 is 33.3 Å². The van der Waals surface area contributed by atoms with Crippen molar-refractivity contribution in [3.05, 3.63) is 65.7 Å². The third-order valence-corrected chi connectivity index (χ3v) is 7.76. The van der Waals surface area contributed by atoms with Crippen LogP contribution in [0.1, 0.15) is 42.0 Å². The van der Waals surface area contributed by atoms with Gasteiger partial charge in [0.05, 0.1) is 29.0 Å². The highest BCUT2D eigenvalue weighted by atomic mass is 16.1. The molecule has 2 aromatic carbocycles. The van der Waals surface area contributed by atoms with Gasteiger partial charge in [-0.25, -0.2) is 4.98 Å². The number of nitrogens with zero attached hydrogens (tertiary/aromatic N) is 5. The van der Waals surface area contributed by atoms with Crippen molar-refractivity contribution in [2.75, 3.05) is 45.2 Å². The topological polar surface area (TPSA) is 68.4 Å². The number of hydrogen-bond donors (Lipinski definition) is 1. The predicted molar refractivity (Wildman–Crippen MR) is 140 cm³/mol. The Kier molecular flexibility index (Phi) is 5.54. The lowest BCUT2D eigenvalue weighted by molar-refractivity contribution is -0.125. The van der Waals surface area contributed by atoms with E-state index in [1.165, 1.54) is 16.6 Å². The molecule has 4 aromatic rings. The minimum Gasteiger partial charge on any atom is -0.367 e. The van der Waals surface area contributed by atoms with Gasteiger partial charge in [0, 0.05) is 50.6 Å². The number of imidazole rings is 1. The number of piperazine rings is 1. The van der Waals surface area contributed by atoms with E-state index in [2.05, 4.69) is 77.1 Å². The van der Waals surface area contributed by atoms with Crippen molar-refractivity contribution in [3.8, 4) is 0 Å². The number of benzene rings is 2. The molecule has 0 amide bonds. The predicted octanol–water partition coefficient (Wildman–Crippen LogP) is 4.25. The monoisotopic (exact) mass is 468 g/mol. The van der Waals surface area contributed by atoms with Gasteiger partial charge < -0.3 is 14.8 Å². The average molecular weight is 469 g/mol. The summed E-state index contributed by atoms with van der Waals surface area (Å²) in [5.41, 5.74) is 5.38. The van der Waals surface area contributed by atoms with Crippen LogP contribution in [0, 0.1) is 6.92 Å². The summed E-state index contributed by atoms with van der Waals surface area (Å²) in [6.07, 6.45) is 2.79. The first-order valence-electron chi connectivity index (χ1n) is 12.5. The summed E-state index contributed by atoms with van der Waals surface area (Å²) in [6, 6.07) is 14.6. The molecule has 0 spiro atoms. The Balaban J connectivity index is 1.37. The summed E-state index contributed by atoms with van der Waals surface area (Å²) >= 11 is 0. The van der Waals surface area contributed by atoms with E-state index in [4.69, 9.17) is 9.97 Å². The number of H-pyrrole nitrogens is 1. The summed E-state index contributed by atoms with van der Waals surface area (Å²) in [5.74, 6) is 1.11.